The molecule has 1 aromatic heterocycles. The third-order valence-electron chi connectivity index (χ3n) is 2.75. The third-order valence-corrected chi connectivity index (χ3v) is 3.24. The maximum absolute atomic E-state index is 11.6. The fourth-order valence-corrected chi connectivity index (χ4v) is 2.14. The number of H-pyrrole nitrogens is 1. The third kappa shape index (κ3) is 1.97. The molecule has 3 rings (SSSR count). The molecular weight excluding hydrogens is 296 g/mol. The Kier molecular flexibility index (Phi) is 2.76. The molecule has 0 saturated heterocycles. The Morgan fingerprint density at radius 2 is 2.06 bits per heavy atom. The molecule has 0 unspecified atom stereocenters. The van der Waals surface area contributed by atoms with E-state index in [4.69, 9.17) is 4.74 Å². The molecule has 1 aliphatic rings. The lowest BCUT2D eigenvalue weighted by Crippen LogP contribution is -2.17. The number of aromatic nitrogens is 1. The molecule has 0 radical (unpaired) electrons. The number of aromatic amines is 1. The van der Waals surface area contributed by atoms with Crippen LogP contribution in [0.5, 0.6) is 0 Å². The van der Waals surface area contributed by atoms with Crippen molar-refractivity contribution in [3.8, 4) is 0 Å². The highest BCUT2D eigenvalue weighted by molar-refractivity contribution is 9.10. The van der Waals surface area contributed by atoms with E-state index in [1.54, 1.807) is 6.07 Å². The van der Waals surface area contributed by atoms with E-state index in [1.807, 2.05) is 36.5 Å². The van der Waals surface area contributed by atoms with Gasteiger partial charge < -0.3 is 4.74 Å². The van der Waals surface area contributed by atoms with Crippen LogP contribution in [0.25, 0.3) is 0 Å². The van der Waals surface area contributed by atoms with Gasteiger partial charge in [-0.1, -0.05) is 18.2 Å². The summed E-state index contributed by atoms with van der Waals surface area (Å²) in [5.74, 6) is 0.493. The van der Waals surface area contributed by atoms with Crippen LogP contribution in [0.4, 0.5) is 5.82 Å². The first-order valence-electron chi connectivity index (χ1n) is 5.48. The number of cyclic esters (lactones) is 1. The van der Waals surface area contributed by atoms with Crippen molar-refractivity contribution in [3.63, 3.8) is 0 Å². The fourth-order valence-electron chi connectivity index (χ4n) is 1.89. The Morgan fingerprint density at radius 1 is 1.22 bits per heavy atom. The molecule has 2 aromatic rings. The topological polar surface area (TPSA) is 52.5 Å². The van der Waals surface area contributed by atoms with Crippen LogP contribution >= 0.6 is 15.9 Å². The number of hydrogen-bond donors (Lipinski definition) is 1. The van der Waals surface area contributed by atoms with Crippen LogP contribution < -0.4 is 10.3 Å². The van der Waals surface area contributed by atoms with Crippen LogP contribution in [-0.4, -0.2) is 5.97 Å². The minimum Gasteiger partial charge on any atom is -0.414 e. The van der Waals surface area contributed by atoms with Gasteiger partial charge in [-0.05, 0) is 28.1 Å². The lowest BCUT2D eigenvalue weighted by molar-refractivity contribution is -0.362. The molecule has 4 nitrogen and oxygen atoms in total. The van der Waals surface area contributed by atoms with Crippen molar-refractivity contribution in [3.05, 3.63) is 58.2 Å². The largest absolute Gasteiger partial charge is 0.414 e. The van der Waals surface area contributed by atoms with E-state index in [9.17, 15) is 4.79 Å². The number of benzene rings is 1. The van der Waals surface area contributed by atoms with Crippen molar-refractivity contribution >= 4 is 27.7 Å². The van der Waals surface area contributed by atoms with Crippen molar-refractivity contribution in [1.29, 1.82) is 0 Å². The number of pyridine rings is 1. The second kappa shape index (κ2) is 4.42. The SMILES string of the molecule is O=C1O[C@@H](Nc2ccc(Br)c[nH+]2)c2ccccc21. The summed E-state index contributed by atoms with van der Waals surface area (Å²) in [5, 5.41) is 3.14. The fraction of sp³-hybridized carbons (Fsp3) is 0.0769. The summed E-state index contributed by atoms with van der Waals surface area (Å²) in [7, 11) is 0. The standard InChI is InChI=1S/C13H9BrN2O2/c14-8-5-6-11(15-7-8)16-12-9-3-1-2-4-10(9)13(17)18-12/h1-7,12H,(H,15,16)/p+1/t12-/m1/s1. The van der Waals surface area contributed by atoms with Crippen LogP contribution in [0, 0.1) is 0 Å². The second-order valence-corrected chi connectivity index (χ2v) is 4.85. The second-order valence-electron chi connectivity index (χ2n) is 3.94. The minimum absolute atomic E-state index is 0.291. The van der Waals surface area contributed by atoms with E-state index in [1.165, 1.54) is 0 Å². The van der Waals surface area contributed by atoms with E-state index in [2.05, 4.69) is 26.2 Å². The first-order valence-corrected chi connectivity index (χ1v) is 6.27. The van der Waals surface area contributed by atoms with Gasteiger partial charge >= 0.3 is 5.97 Å². The normalized spacial score (nSPS) is 17.2. The zero-order chi connectivity index (χ0) is 12.5. The molecule has 0 bridgehead atoms. The van der Waals surface area contributed by atoms with Crippen molar-refractivity contribution in [2.45, 2.75) is 6.23 Å². The zero-order valence-electron chi connectivity index (χ0n) is 9.31. The number of fused-ring (bicyclic) bond motifs is 1. The maximum Gasteiger partial charge on any atom is 0.342 e. The molecule has 2 heterocycles. The monoisotopic (exact) mass is 305 g/mol. The number of carbonyl (C=O) groups is 1. The predicted molar refractivity (Wildman–Crippen MR) is 68.9 cm³/mol. The van der Waals surface area contributed by atoms with Gasteiger partial charge in [0.25, 0.3) is 12.0 Å². The summed E-state index contributed by atoms with van der Waals surface area (Å²) < 4.78 is 6.24. The highest BCUT2D eigenvalue weighted by Crippen LogP contribution is 2.30. The van der Waals surface area contributed by atoms with Crippen molar-refractivity contribution in [2.24, 2.45) is 0 Å². The smallest absolute Gasteiger partial charge is 0.342 e. The minimum atomic E-state index is -0.439. The van der Waals surface area contributed by atoms with Gasteiger partial charge in [0.15, 0.2) is 0 Å². The Hall–Kier alpha value is -1.88. The van der Waals surface area contributed by atoms with Crippen LogP contribution in [0.2, 0.25) is 0 Å². The molecule has 1 atom stereocenters. The zero-order valence-corrected chi connectivity index (χ0v) is 10.9. The summed E-state index contributed by atoms with van der Waals surface area (Å²) in [5.41, 5.74) is 1.48. The predicted octanol–water partition coefficient (Wildman–Crippen LogP) is 2.54. The quantitative estimate of drug-likeness (QED) is 0.868. The number of ether oxygens (including phenoxy) is 1. The van der Waals surface area contributed by atoms with Crippen LogP contribution in [-0.2, 0) is 4.74 Å². The number of anilines is 1. The van der Waals surface area contributed by atoms with E-state index >= 15 is 0 Å². The molecule has 0 aliphatic carbocycles. The number of nitrogens with one attached hydrogen (secondary N) is 2. The number of esters is 1. The van der Waals surface area contributed by atoms with Crippen molar-refractivity contribution < 1.29 is 14.5 Å². The highest BCUT2D eigenvalue weighted by Gasteiger charge is 2.33. The van der Waals surface area contributed by atoms with E-state index in [-0.39, 0.29) is 5.97 Å². The molecule has 0 fully saturated rings. The van der Waals surface area contributed by atoms with Gasteiger partial charge in [0.05, 0.1) is 15.6 Å². The van der Waals surface area contributed by atoms with E-state index in [0.29, 0.717) is 5.56 Å². The van der Waals surface area contributed by atoms with Crippen LogP contribution in [0.1, 0.15) is 22.1 Å². The van der Waals surface area contributed by atoms with E-state index in [0.717, 1.165) is 15.9 Å². The summed E-state index contributed by atoms with van der Waals surface area (Å²) in [4.78, 5) is 14.7. The molecule has 18 heavy (non-hydrogen) atoms. The molecular formula is C13H10BrN2O2+. The van der Waals surface area contributed by atoms with Gasteiger partial charge in [0, 0.05) is 6.07 Å². The Bertz CT molecular complexity index is 598. The first kappa shape index (κ1) is 11.2. The number of halogens is 1. The number of hydrogen-bond acceptors (Lipinski definition) is 3. The summed E-state index contributed by atoms with van der Waals surface area (Å²) >= 11 is 3.35. The number of carbonyl (C=O) groups excluding carboxylic acids is 1. The molecule has 0 amide bonds. The number of rotatable bonds is 2. The molecule has 1 aromatic carbocycles. The molecule has 5 heteroatoms. The van der Waals surface area contributed by atoms with Gasteiger partial charge in [-0.25, -0.2) is 15.1 Å². The molecule has 0 saturated carbocycles. The Morgan fingerprint density at radius 3 is 2.83 bits per heavy atom. The van der Waals surface area contributed by atoms with E-state index < -0.39 is 6.23 Å². The lowest BCUT2D eigenvalue weighted by Gasteiger charge is -2.07. The van der Waals surface area contributed by atoms with Gasteiger partial charge in [0.1, 0.15) is 6.20 Å². The van der Waals surface area contributed by atoms with Gasteiger partial charge in [-0.15, -0.1) is 0 Å². The molecule has 0 spiro atoms. The van der Waals surface area contributed by atoms with Crippen molar-refractivity contribution in [2.75, 3.05) is 5.32 Å². The van der Waals surface area contributed by atoms with Gasteiger partial charge in [-0.2, -0.15) is 0 Å². The lowest BCUT2D eigenvalue weighted by atomic mass is 10.1. The molecule has 1 aliphatic heterocycles. The van der Waals surface area contributed by atoms with Crippen molar-refractivity contribution in [1.82, 2.24) is 0 Å². The average molecular weight is 306 g/mol. The van der Waals surface area contributed by atoms with Crippen LogP contribution in [0.3, 0.4) is 0 Å². The molecule has 2 N–H and O–H groups in total. The summed E-state index contributed by atoms with van der Waals surface area (Å²) in [6.45, 7) is 0. The molecule has 90 valence electrons. The average Bonchev–Trinajstić information content (AvgIpc) is 2.70. The van der Waals surface area contributed by atoms with Crippen LogP contribution in [0.15, 0.2) is 47.1 Å². The maximum atomic E-state index is 11.6. The first-order chi connectivity index (χ1) is 8.74. The summed E-state index contributed by atoms with van der Waals surface area (Å²) in [6.07, 6.45) is 1.37. The Labute approximate surface area is 112 Å². The van der Waals surface area contributed by atoms with Gasteiger partial charge in [-0.3, -0.25) is 0 Å². The highest BCUT2D eigenvalue weighted by atomic mass is 79.9. The summed E-state index contributed by atoms with van der Waals surface area (Å²) in [6, 6.07) is 11.1. The van der Waals surface area contributed by atoms with Gasteiger partial charge in [0.2, 0.25) is 0 Å². The Balaban J connectivity index is 1.87.